The van der Waals surface area contributed by atoms with Crippen molar-refractivity contribution in [1.82, 2.24) is 0 Å². The first kappa shape index (κ1) is 19.2. The Morgan fingerprint density at radius 1 is 1.12 bits per heavy atom. The Kier molecular flexibility index (Phi) is 5.82. The van der Waals surface area contributed by atoms with Gasteiger partial charge in [-0.3, -0.25) is 14.9 Å². The van der Waals surface area contributed by atoms with Gasteiger partial charge in [-0.1, -0.05) is 17.7 Å². The lowest BCUT2D eigenvalue weighted by Crippen LogP contribution is -2.30. The van der Waals surface area contributed by atoms with E-state index in [2.05, 4.69) is 5.32 Å². The molecule has 0 aliphatic heterocycles. The maximum absolute atomic E-state index is 12.5. The van der Waals surface area contributed by atoms with Crippen LogP contribution >= 0.6 is 0 Å². The van der Waals surface area contributed by atoms with Crippen molar-refractivity contribution in [3.05, 3.63) is 57.1 Å². The molecule has 7 nitrogen and oxygen atoms in total. The lowest BCUT2D eigenvalue weighted by molar-refractivity contribution is -0.385. The SMILES string of the molecule is COc1ccc([N+](=O)[O-])cc1O[C@@H](C)C(=O)Nc1c(C)cc(C)cc1C. The highest BCUT2D eigenvalue weighted by Crippen LogP contribution is 2.32. The Bertz CT molecular complexity index is 825. The van der Waals surface area contributed by atoms with Crippen LogP contribution in [0.25, 0.3) is 0 Å². The van der Waals surface area contributed by atoms with Gasteiger partial charge in [0.05, 0.1) is 18.1 Å². The zero-order valence-corrected chi connectivity index (χ0v) is 15.5. The molecule has 1 atom stereocenters. The molecular formula is C19H22N2O5. The Morgan fingerprint density at radius 3 is 2.27 bits per heavy atom. The summed E-state index contributed by atoms with van der Waals surface area (Å²) in [5, 5.41) is 13.8. The number of nitro benzene ring substituents is 1. The number of non-ortho nitro benzene ring substituents is 1. The van der Waals surface area contributed by atoms with E-state index in [1.54, 1.807) is 6.92 Å². The van der Waals surface area contributed by atoms with Crippen molar-refractivity contribution in [3.63, 3.8) is 0 Å². The van der Waals surface area contributed by atoms with E-state index in [9.17, 15) is 14.9 Å². The lowest BCUT2D eigenvalue weighted by Gasteiger charge is -2.18. The molecule has 0 radical (unpaired) electrons. The number of rotatable bonds is 6. The molecule has 0 fully saturated rings. The van der Waals surface area contributed by atoms with Crippen LogP contribution in [0.2, 0.25) is 0 Å². The van der Waals surface area contributed by atoms with Gasteiger partial charge in [0, 0.05) is 11.8 Å². The third kappa shape index (κ3) is 4.30. The van der Waals surface area contributed by atoms with Gasteiger partial charge in [-0.15, -0.1) is 0 Å². The van der Waals surface area contributed by atoms with Gasteiger partial charge in [0.1, 0.15) is 0 Å². The van der Waals surface area contributed by atoms with Crippen LogP contribution in [0, 0.1) is 30.9 Å². The van der Waals surface area contributed by atoms with Crippen LogP contribution in [0.15, 0.2) is 30.3 Å². The number of hydrogen-bond acceptors (Lipinski definition) is 5. The topological polar surface area (TPSA) is 90.7 Å². The monoisotopic (exact) mass is 358 g/mol. The first-order chi connectivity index (χ1) is 12.2. The van der Waals surface area contributed by atoms with Crippen molar-refractivity contribution in [2.75, 3.05) is 12.4 Å². The van der Waals surface area contributed by atoms with Gasteiger partial charge >= 0.3 is 0 Å². The van der Waals surface area contributed by atoms with Crippen LogP contribution in [-0.2, 0) is 4.79 Å². The van der Waals surface area contributed by atoms with Gasteiger partial charge in [-0.2, -0.15) is 0 Å². The number of nitrogens with zero attached hydrogens (tertiary/aromatic N) is 1. The van der Waals surface area contributed by atoms with E-state index in [1.807, 2.05) is 32.9 Å². The van der Waals surface area contributed by atoms with Crippen molar-refractivity contribution < 1.29 is 19.2 Å². The highest BCUT2D eigenvalue weighted by atomic mass is 16.6. The van der Waals surface area contributed by atoms with E-state index in [0.717, 1.165) is 22.4 Å². The minimum Gasteiger partial charge on any atom is -0.493 e. The van der Waals surface area contributed by atoms with Crippen molar-refractivity contribution in [2.45, 2.75) is 33.8 Å². The Labute approximate surface area is 152 Å². The molecule has 138 valence electrons. The van der Waals surface area contributed by atoms with E-state index in [4.69, 9.17) is 9.47 Å². The molecule has 0 aliphatic carbocycles. The second-order valence-corrected chi connectivity index (χ2v) is 6.12. The molecule has 0 spiro atoms. The first-order valence-electron chi connectivity index (χ1n) is 8.10. The fourth-order valence-electron chi connectivity index (χ4n) is 2.72. The second kappa shape index (κ2) is 7.86. The first-order valence-corrected chi connectivity index (χ1v) is 8.10. The highest BCUT2D eigenvalue weighted by molar-refractivity contribution is 5.95. The molecule has 0 saturated heterocycles. The van der Waals surface area contributed by atoms with Crippen molar-refractivity contribution in [2.24, 2.45) is 0 Å². The average Bonchev–Trinajstić information content (AvgIpc) is 2.57. The summed E-state index contributed by atoms with van der Waals surface area (Å²) in [7, 11) is 1.43. The van der Waals surface area contributed by atoms with Gasteiger partial charge in [0.2, 0.25) is 0 Å². The molecule has 1 amide bonds. The Morgan fingerprint density at radius 2 is 1.73 bits per heavy atom. The van der Waals surface area contributed by atoms with Crippen molar-refractivity contribution in [3.8, 4) is 11.5 Å². The van der Waals surface area contributed by atoms with Gasteiger partial charge in [0.25, 0.3) is 11.6 Å². The summed E-state index contributed by atoms with van der Waals surface area (Å²) >= 11 is 0. The largest absolute Gasteiger partial charge is 0.493 e. The Hall–Kier alpha value is -3.09. The molecule has 2 aromatic carbocycles. The number of aryl methyl sites for hydroxylation is 3. The number of hydrogen-bond donors (Lipinski definition) is 1. The molecule has 26 heavy (non-hydrogen) atoms. The quantitative estimate of drug-likeness (QED) is 0.624. The van der Waals surface area contributed by atoms with E-state index in [1.165, 1.54) is 25.3 Å². The highest BCUT2D eigenvalue weighted by Gasteiger charge is 2.20. The average molecular weight is 358 g/mol. The predicted molar refractivity (Wildman–Crippen MR) is 99.0 cm³/mol. The fourth-order valence-corrected chi connectivity index (χ4v) is 2.72. The molecule has 7 heteroatoms. The summed E-state index contributed by atoms with van der Waals surface area (Å²) in [6.45, 7) is 7.41. The van der Waals surface area contributed by atoms with E-state index < -0.39 is 11.0 Å². The molecule has 1 N–H and O–H groups in total. The van der Waals surface area contributed by atoms with E-state index >= 15 is 0 Å². The minimum atomic E-state index is -0.869. The normalized spacial score (nSPS) is 11.6. The van der Waals surface area contributed by atoms with Crippen LogP contribution in [0.4, 0.5) is 11.4 Å². The lowest BCUT2D eigenvalue weighted by atomic mass is 10.0. The molecular weight excluding hydrogens is 336 g/mol. The number of nitrogens with one attached hydrogen (secondary N) is 1. The molecule has 0 heterocycles. The van der Waals surface area contributed by atoms with Crippen molar-refractivity contribution in [1.29, 1.82) is 0 Å². The van der Waals surface area contributed by atoms with Gasteiger partial charge in [0.15, 0.2) is 17.6 Å². The number of carbonyl (C=O) groups excluding carboxylic acids is 1. The number of ether oxygens (including phenoxy) is 2. The standard InChI is InChI=1S/C19H22N2O5/c1-11-8-12(2)18(13(3)9-11)20-19(22)14(4)26-17-10-15(21(23)24)6-7-16(17)25-5/h6-10,14H,1-5H3,(H,20,22)/t14-/m0/s1. The maximum atomic E-state index is 12.5. The van der Waals surface area contributed by atoms with E-state index in [-0.39, 0.29) is 17.3 Å². The van der Waals surface area contributed by atoms with Crippen LogP contribution in [0.1, 0.15) is 23.6 Å². The van der Waals surface area contributed by atoms with Crippen LogP contribution in [-0.4, -0.2) is 24.0 Å². The van der Waals surface area contributed by atoms with Crippen LogP contribution in [0.3, 0.4) is 0 Å². The Balaban J connectivity index is 2.20. The van der Waals surface area contributed by atoms with Crippen LogP contribution in [0.5, 0.6) is 11.5 Å². The smallest absolute Gasteiger partial charge is 0.273 e. The number of methoxy groups -OCH3 is 1. The summed E-state index contributed by atoms with van der Waals surface area (Å²) in [5.41, 5.74) is 3.62. The molecule has 2 aromatic rings. The zero-order valence-electron chi connectivity index (χ0n) is 15.5. The van der Waals surface area contributed by atoms with E-state index in [0.29, 0.717) is 5.75 Å². The number of benzene rings is 2. The molecule has 0 aliphatic rings. The van der Waals surface area contributed by atoms with Crippen molar-refractivity contribution >= 4 is 17.3 Å². The molecule has 0 unspecified atom stereocenters. The third-order valence-electron chi connectivity index (χ3n) is 3.96. The summed E-state index contributed by atoms with van der Waals surface area (Å²) in [6, 6.07) is 7.96. The zero-order chi connectivity index (χ0) is 19.4. The molecule has 0 aromatic heterocycles. The minimum absolute atomic E-state index is 0.140. The molecule has 0 saturated carbocycles. The predicted octanol–water partition coefficient (Wildman–Crippen LogP) is 3.93. The maximum Gasteiger partial charge on any atom is 0.273 e. The number of carbonyl (C=O) groups is 1. The second-order valence-electron chi connectivity index (χ2n) is 6.12. The van der Waals surface area contributed by atoms with Gasteiger partial charge < -0.3 is 14.8 Å². The summed E-state index contributed by atoms with van der Waals surface area (Å²) in [4.78, 5) is 22.9. The number of anilines is 1. The molecule has 2 rings (SSSR count). The van der Waals surface area contributed by atoms with Gasteiger partial charge in [-0.25, -0.2) is 0 Å². The van der Waals surface area contributed by atoms with Gasteiger partial charge in [-0.05, 0) is 44.9 Å². The fraction of sp³-hybridized carbons (Fsp3) is 0.316. The van der Waals surface area contributed by atoms with Crippen LogP contribution < -0.4 is 14.8 Å². The number of nitro groups is 1. The molecule has 0 bridgehead atoms. The summed E-state index contributed by atoms with van der Waals surface area (Å²) < 4.78 is 10.8. The summed E-state index contributed by atoms with van der Waals surface area (Å²) in [5.74, 6) is 0.105. The number of amides is 1. The summed E-state index contributed by atoms with van der Waals surface area (Å²) in [6.07, 6.45) is -0.869. The third-order valence-corrected chi connectivity index (χ3v) is 3.96.